The minimum Gasteiger partial charge on any atom is -0.348 e. The molecule has 0 radical (unpaired) electrons. The van der Waals surface area contributed by atoms with E-state index in [0.29, 0.717) is 27.7 Å². The average molecular weight is 457 g/mol. The molecule has 1 atom stereocenters. The third-order valence-corrected chi connectivity index (χ3v) is 6.53. The molecule has 0 fully saturated rings. The fraction of sp³-hybridized carbons (Fsp3) is 0.130. The molecule has 4 rings (SSSR count). The average Bonchev–Trinajstić information content (AvgIpc) is 2.77. The number of carbonyl (C=O) groups is 2. The fourth-order valence-electron chi connectivity index (χ4n) is 3.30. The zero-order valence-corrected chi connectivity index (χ0v) is 17.9. The van der Waals surface area contributed by atoms with Crippen LogP contribution in [0.25, 0.3) is 0 Å². The van der Waals surface area contributed by atoms with Crippen LogP contribution in [-0.4, -0.2) is 21.8 Å². The number of carbonyl (C=O) groups excluding carboxylic acids is 2. The fourth-order valence-corrected chi connectivity index (χ4v) is 4.58. The van der Waals surface area contributed by atoms with Gasteiger partial charge in [0.05, 0.1) is 27.9 Å². The molecule has 1 unspecified atom stereocenters. The van der Waals surface area contributed by atoms with E-state index in [9.17, 15) is 18.2 Å². The number of fused-ring (bicyclic) bond motifs is 1. The molecule has 0 saturated heterocycles. The van der Waals surface area contributed by atoms with Gasteiger partial charge in [-0.2, -0.15) is 0 Å². The highest BCUT2D eigenvalue weighted by atomic mass is 35.5. The third-order valence-electron chi connectivity index (χ3n) is 4.93. The number of amides is 2. The van der Waals surface area contributed by atoms with Crippen molar-refractivity contribution < 1.29 is 18.2 Å². The normalized spacial score (nSPS) is 15.5. The van der Waals surface area contributed by atoms with E-state index < -0.39 is 10.8 Å². The van der Waals surface area contributed by atoms with Crippen LogP contribution >= 0.6 is 11.6 Å². The second-order valence-corrected chi connectivity index (χ2v) is 8.94. The Morgan fingerprint density at radius 3 is 2.42 bits per heavy atom. The summed E-state index contributed by atoms with van der Waals surface area (Å²) in [5.74, 6) is -1.12. The molecule has 158 valence electrons. The van der Waals surface area contributed by atoms with Crippen molar-refractivity contribution in [1.82, 2.24) is 5.32 Å². The molecule has 31 heavy (non-hydrogen) atoms. The van der Waals surface area contributed by atoms with Gasteiger partial charge in [-0.25, -0.2) is 4.39 Å². The van der Waals surface area contributed by atoms with Crippen molar-refractivity contribution in [3.8, 4) is 0 Å². The Morgan fingerprint density at radius 2 is 1.71 bits per heavy atom. The number of hydrogen-bond acceptors (Lipinski definition) is 3. The minimum absolute atomic E-state index is 0.129. The molecule has 0 saturated carbocycles. The highest BCUT2D eigenvalue weighted by Gasteiger charge is 2.30. The monoisotopic (exact) mass is 456 g/mol. The smallest absolute Gasteiger partial charge is 0.251 e. The zero-order chi connectivity index (χ0) is 22.0. The van der Waals surface area contributed by atoms with E-state index in [0.717, 1.165) is 11.1 Å². The molecule has 0 aliphatic carbocycles. The van der Waals surface area contributed by atoms with Crippen LogP contribution in [0.2, 0.25) is 5.02 Å². The third kappa shape index (κ3) is 4.84. The number of hydrogen-bond donors (Lipinski definition) is 1. The van der Waals surface area contributed by atoms with Crippen LogP contribution in [0.5, 0.6) is 0 Å². The predicted molar refractivity (Wildman–Crippen MR) is 118 cm³/mol. The predicted octanol–water partition coefficient (Wildman–Crippen LogP) is 4.06. The molecule has 1 aliphatic rings. The number of nitrogens with one attached hydrogen (secondary N) is 1. The standard InChI is InChI=1S/C23H18ClFN2O3S/c24-18-6-1-15(2-7-18)12-26-23(29)17-5-10-21-20(11-17)27(22(28)14-31(21)30)13-16-3-8-19(25)9-4-16/h1-11H,12-14H2,(H,26,29). The van der Waals surface area contributed by atoms with Crippen LogP contribution in [-0.2, 0) is 28.7 Å². The van der Waals surface area contributed by atoms with Crippen molar-refractivity contribution in [3.63, 3.8) is 0 Å². The SMILES string of the molecule is O=C(NCc1ccc(Cl)cc1)c1ccc2c(c1)N(Cc1ccc(F)cc1)C(=O)CS2=O. The first-order valence-corrected chi connectivity index (χ1v) is 11.2. The van der Waals surface area contributed by atoms with Crippen LogP contribution in [0, 0.1) is 5.82 Å². The topological polar surface area (TPSA) is 66.5 Å². The van der Waals surface area contributed by atoms with E-state index in [4.69, 9.17) is 11.6 Å². The lowest BCUT2D eigenvalue weighted by Gasteiger charge is -2.29. The van der Waals surface area contributed by atoms with Gasteiger partial charge in [0.1, 0.15) is 11.6 Å². The summed E-state index contributed by atoms with van der Waals surface area (Å²) < 4.78 is 25.7. The summed E-state index contributed by atoms with van der Waals surface area (Å²) in [5, 5.41) is 3.45. The van der Waals surface area contributed by atoms with Crippen LogP contribution in [0.1, 0.15) is 21.5 Å². The van der Waals surface area contributed by atoms with E-state index in [1.807, 2.05) is 12.1 Å². The molecule has 3 aromatic rings. The Kier molecular flexibility index (Phi) is 6.15. The van der Waals surface area contributed by atoms with Gasteiger partial charge in [-0.3, -0.25) is 13.8 Å². The maximum atomic E-state index is 13.2. The lowest BCUT2D eigenvalue weighted by Crippen LogP contribution is -2.38. The van der Waals surface area contributed by atoms with Gasteiger partial charge in [-0.05, 0) is 53.6 Å². The second kappa shape index (κ2) is 8.99. The Labute approximate surface area is 186 Å². The van der Waals surface area contributed by atoms with Crippen molar-refractivity contribution in [2.45, 2.75) is 18.0 Å². The summed E-state index contributed by atoms with van der Waals surface area (Å²) in [6, 6.07) is 17.8. The van der Waals surface area contributed by atoms with Gasteiger partial charge in [0.15, 0.2) is 0 Å². The van der Waals surface area contributed by atoms with Gasteiger partial charge in [0.2, 0.25) is 5.91 Å². The molecule has 0 spiro atoms. The van der Waals surface area contributed by atoms with Gasteiger partial charge in [0.25, 0.3) is 5.91 Å². The summed E-state index contributed by atoms with van der Waals surface area (Å²) >= 11 is 5.88. The van der Waals surface area contributed by atoms with Crippen molar-refractivity contribution >= 4 is 39.9 Å². The quantitative estimate of drug-likeness (QED) is 0.629. The molecule has 3 aromatic carbocycles. The zero-order valence-electron chi connectivity index (χ0n) is 16.3. The van der Waals surface area contributed by atoms with E-state index >= 15 is 0 Å². The molecule has 8 heteroatoms. The van der Waals surface area contributed by atoms with Crippen LogP contribution in [0.3, 0.4) is 0 Å². The van der Waals surface area contributed by atoms with E-state index in [1.165, 1.54) is 17.0 Å². The van der Waals surface area contributed by atoms with Gasteiger partial charge < -0.3 is 10.2 Å². The Morgan fingerprint density at radius 1 is 1.03 bits per heavy atom. The lowest BCUT2D eigenvalue weighted by molar-refractivity contribution is -0.116. The van der Waals surface area contributed by atoms with Crippen LogP contribution in [0.15, 0.2) is 71.6 Å². The number of benzene rings is 3. The lowest BCUT2D eigenvalue weighted by atomic mass is 10.1. The first kappa shape index (κ1) is 21.2. The Hall–Kier alpha value is -3.03. The highest BCUT2D eigenvalue weighted by Crippen LogP contribution is 2.31. The van der Waals surface area contributed by atoms with E-state index in [2.05, 4.69) is 5.32 Å². The van der Waals surface area contributed by atoms with Gasteiger partial charge in [0, 0.05) is 17.1 Å². The molecular formula is C23H18ClFN2O3S. The number of rotatable bonds is 5. The summed E-state index contributed by atoms with van der Waals surface area (Å²) in [7, 11) is -1.48. The van der Waals surface area contributed by atoms with Gasteiger partial charge in [-0.15, -0.1) is 0 Å². The minimum atomic E-state index is -1.48. The van der Waals surface area contributed by atoms with E-state index in [-0.39, 0.29) is 29.9 Å². The van der Waals surface area contributed by atoms with Gasteiger partial charge in [-0.1, -0.05) is 35.9 Å². The maximum absolute atomic E-state index is 13.2. The first-order chi connectivity index (χ1) is 14.9. The number of nitrogens with zero attached hydrogens (tertiary/aromatic N) is 1. The van der Waals surface area contributed by atoms with Crippen LogP contribution in [0.4, 0.5) is 10.1 Å². The largest absolute Gasteiger partial charge is 0.348 e. The van der Waals surface area contributed by atoms with Crippen molar-refractivity contribution in [3.05, 3.63) is 94.3 Å². The summed E-state index contributed by atoms with van der Waals surface area (Å²) in [4.78, 5) is 27.3. The number of halogens is 2. The summed E-state index contributed by atoms with van der Waals surface area (Å²) in [6.07, 6.45) is 0. The first-order valence-electron chi connectivity index (χ1n) is 9.50. The summed E-state index contributed by atoms with van der Waals surface area (Å²) in [6.45, 7) is 0.510. The van der Waals surface area contributed by atoms with Gasteiger partial charge >= 0.3 is 0 Å². The molecule has 1 aliphatic heterocycles. The number of anilines is 1. The Bertz CT molecular complexity index is 1170. The second-order valence-electron chi connectivity index (χ2n) is 7.09. The molecule has 0 aromatic heterocycles. The maximum Gasteiger partial charge on any atom is 0.251 e. The molecule has 2 amide bonds. The molecular weight excluding hydrogens is 439 g/mol. The molecule has 1 N–H and O–H groups in total. The van der Waals surface area contributed by atoms with Crippen molar-refractivity contribution in [1.29, 1.82) is 0 Å². The van der Waals surface area contributed by atoms with Crippen molar-refractivity contribution in [2.24, 2.45) is 0 Å². The Balaban J connectivity index is 1.57. The van der Waals surface area contributed by atoms with E-state index in [1.54, 1.807) is 42.5 Å². The molecule has 5 nitrogen and oxygen atoms in total. The summed E-state index contributed by atoms with van der Waals surface area (Å²) in [5.41, 5.74) is 2.40. The van der Waals surface area contributed by atoms with Crippen LogP contribution < -0.4 is 10.2 Å². The van der Waals surface area contributed by atoms with Crippen molar-refractivity contribution in [2.75, 3.05) is 10.7 Å². The highest BCUT2D eigenvalue weighted by molar-refractivity contribution is 7.86. The molecule has 0 bridgehead atoms. The molecule has 1 heterocycles.